The largest absolute Gasteiger partial charge is 0.316 e. The van der Waals surface area contributed by atoms with Gasteiger partial charge in [0.05, 0.1) is 5.02 Å². The first-order valence-electron chi connectivity index (χ1n) is 6.65. The van der Waals surface area contributed by atoms with Crippen LogP contribution in [0.5, 0.6) is 0 Å². The minimum atomic E-state index is -0.360. The molecule has 19 heavy (non-hydrogen) atoms. The first-order chi connectivity index (χ1) is 8.88. The minimum Gasteiger partial charge on any atom is -0.316 e. The normalized spacial score (nSPS) is 14.4. The second-order valence-corrected chi connectivity index (χ2v) is 6.15. The summed E-state index contributed by atoms with van der Waals surface area (Å²) >= 11 is 6.01. The van der Waals surface area contributed by atoms with Crippen molar-refractivity contribution < 1.29 is 4.39 Å². The average Bonchev–Trinajstić information content (AvgIpc) is 2.34. The van der Waals surface area contributed by atoms with Gasteiger partial charge in [-0.2, -0.15) is 0 Å². The van der Waals surface area contributed by atoms with Crippen molar-refractivity contribution in [2.75, 3.05) is 13.1 Å². The van der Waals surface area contributed by atoms with Gasteiger partial charge >= 0.3 is 0 Å². The van der Waals surface area contributed by atoms with Crippen molar-refractivity contribution in [3.05, 3.63) is 47.3 Å². The minimum absolute atomic E-state index is 0.133. The van der Waals surface area contributed by atoms with Crippen molar-refractivity contribution in [1.29, 1.82) is 0 Å². The smallest absolute Gasteiger partial charge is 0.142 e. The first-order valence-corrected chi connectivity index (χ1v) is 7.03. The third kappa shape index (κ3) is 4.96. The molecule has 0 radical (unpaired) electrons. The molecule has 0 aliphatic carbocycles. The Bertz CT molecular complexity index is 431. The van der Waals surface area contributed by atoms with Gasteiger partial charge in [0, 0.05) is 12.0 Å². The molecular weight excluding hydrogens is 261 g/mol. The number of halogens is 2. The molecule has 0 aliphatic rings. The van der Waals surface area contributed by atoms with Crippen molar-refractivity contribution in [2.45, 2.75) is 27.2 Å². The summed E-state index contributed by atoms with van der Waals surface area (Å²) < 4.78 is 13.4. The van der Waals surface area contributed by atoms with Crippen LogP contribution in [-0.4, -0.2) is 13.1 Å². The molecule has 3 heteroatoms. The molecule has 1 rings (SSSR count). The van der Waals surface area contributed by atoms with Crippen LogP contribution in [-0.2, 0) is 6.42 Å². The Labute approximate surface area is 120 Å². The SMILES string of the molecule is C=CC(C)(CNCC(C)C)Cc1cccc(F)c1Cl. The van der Waals surface area contributed by atoms with E-state index < -0.39 is 0 Å². The molecule has 1 atom stereocenters. The zero-order valence-corrected chi connectivity index (χ0v) is 12.7. The average molecular weight is 284 g/mol. The van der Waals surface area contributed by atoms with Gasteiger partial charge in [-0.05, 0) is 30.5 Å². The van der Waals surface area contributed by atoms with Gasteiger partial charge in [-0.3, -0.25) is 0 Å². The van der Waals surface area contributed by atoms with Gasteiger partial charge in [0.2, 0.25) is 0 Å². The maximum absolute atomic E-state index is 13.4. The number of benzene rings is 1. The van der Waals surface area contributed by atoms with Crippen LogP contribution in [0.25, 0.3) is 0 Å². The Morgan fingerprint density at radius 1 is 1.47 bits per heavy atom. The predicted molar refractivity (Wildman–Crippen MR) is 81.1 cm³/mol. The molecule has 1 aromatic carbocycles. The topological polar surface area (TPSA) is 12.0 Å². The summed E-state index contributed by atoms with van der Waals surface area (Å²) in [6.45, 7) is 12.1. The van der Waals surface area contributed by atoms with E-state index in [-0.39, 0.29) is 16.3 Å². The van der Waals surface area contributed by atoms with Crippen LogP contribution in [0, 0.1) is 17.2 Å². The molecule has 0 spiro atoms. The van der Waals surface area contributed by atoms with E-state index in [1.807, 2.05) is 12.1 Å². The first kappa shape index (κ1) is 16.2. The molecule has 0 aliphatic heterocycles. The Balaban J connectivity index is 2.74. The van der Waals surface area contributed by atoms with Gasteiger partial charge in [0.1, 0.15) is 5.82 Å². The molecule has 0 fully saturated rings. The molecular formula is C16H23ClFN. The third-order valence-corrected chi connectivity index (χ3v) is 3.62. The van der Waals surface area contributed by atoms with E-state index in [1.54, 1.807) is 6.07 Å². The summed E-state index contributed by atoms with van der Waals surface area (Å²) in [6.07, 6.45) is 2.60. The Hall–Kier alpha value is -0.860. The van der Waals surface area contributed by atoms with E-state index in [2.05, 4.69) is 32.7 Å². The van der Waals surface area contributed by atoms with Gasteiger partial charge in [0.25, 0.3) is 0 Å². The second-order valence-electron chi connectivity index (χ2n) is 5.77. The molecule has 0 saturated heterocycles. The molecule has 0 bridgehead atoms. The van der Waals surface area contributed by atoms with Gasteiger partial charge < -0.3 is 5.32 Å². The Morgan fingerprint density at radius 3 is 2.74 bits per heavy atom. The van der Waals surface area contributed by atoms with Crippen molar-refractivity contribution in [1.82, 2.24) is 5.32 Å². The fraction of sp³-hybridized carbons (Fsp3) is 0.500. The highest BCUT2D eigenvalue weighted by atomic mass is 35.5. The van der Waals surface area contributed by atoms with E-state index >= 15 is 0 Å². The van der Waals surface area contributed by atoms with Crippen molar-refractivity contribution in [3.8, 4) is 0 Å². The predicted octanol–water partition coefficient (Wildman–Crippen LogP) is 4.46. The lowest BCUT2D eigenvalue weighted by Gasteiger charge is -2.27. The molecule has 0 heterocycles. The van der Waals surface area contributed by atoms with Crippen LogP contribution < -0.4 is 5.32 Å². The molecule has 0 aromatic heterocycles. The van der Waals surface area contributed by atoms with Crippen LogP contribution in [0.15, 0.2) is 30.9 Å². The fourth-order valence-electron chi connectivity index (χ4n) is 1.97. The monoisotopic (exact) mass is 283 g/mol. The highest BCUT2D eigenvalue weighted by molar-refractivity contribution is 6.31. The number of hydrogen-bond donors (Lipinski definition) is 1. The number of rotatable bonds is 7. The standard InChI is InChI=1S/C16H23ClFN/c1-5-16(4,11-19-10-12(2)3)9-13-7-6-8-14(18)15(13)17/h5-8,12,19H,1,9-11H2,2-4H3. The lowest BCUT2D eigenvalue weighted by molar-refractivity contribution is 0.377. The van der Waals surface area contributed by atoms with Gasteiger partial charge in [-0.15, -0.1) is 6.58 Å². The summed E-state index contributed by atoms with van der Waals surface area (Å²) in [4.78, 5) is 0. The number of hydrogen-bond acceptors (Lipinski definition) is 1. The van der Waals surface area contributed by atoms with E-state index in [1.165, 1.54) is 6.07 Å². The van der Waals surface area contributed by atoms with Crippen LogP contribution in [0.3, 0.4) is 0 Å². The molecule has 1 N–H and O–H groups in total. The third-order valence-electron chi connectivity index (χ3n) is 3.20. The van der Waals surface area contributed by atoms with E-state index in [4.69, 9.17) is 11.6 Å². The summed E-state index contributed by atoms with van der Waals surface area (Å²) in [5.41, 5.74) is 0.696. The second kappa shape index (κ2) is 7.06. The number of nitrogens with one attached hydrogen (secondary N) is 1. The van der Waals surface area contributed by atoms with Crippen molar-refractivity contribution >= 4 is 11.6 Å². The summed E-state index contributed by atoms with van der Waals surface area (Å²) in [6, 6.07) is 4.95. The molecule has 1 unspecified atom stereocenters. The Morgan fingerprint density at radius 2 is 2.16 bits per heavy atom. The van der Waals surface area contributed by atoms with E-state index in [0.29, 0.717) is 12.3 Å². The lowest BCUT2D eigenvalue weighted by atomic mass is 9.83. The Kier molecular flexibility index (Phi) is 6.02. The highest BCUT2D eigenvalue weighted by Crippen LogP contribution is 2.28. The molecule has 0 amide bonds. The summed E-state index contributed by atoms with van der Waals surface area (Å²) in [5, 5.41) is 3.64. The van der Waals surface area contributed by atoms with Crippen LogP contribution >= 0.6 is 11.6 Å². The quantitative estimate of drug-likeness (QED) is 0.729. The van der Waals surface area contributed by atoms with Crippen molar-refractivity contribution in [2.24, 2.45) is 11.3 Å². The highest BCUT2D eigenvalue weighted by Gasteiger charge is 2.22. The molecule has 106 valence electrons. The zero-order valence-electron chi connectivity index (χ0n) is 12.0. The van der Waals surface area contributed by atoms with E-state index in [0.717, 1.165) is 18.7 Å². The van der Waals surface area contributed by atoms with Crippen molar-refractivity contribution in [3.63, 3.8) is 0 Å². The van der Waals surface area contributed by atoms with E-state index in [9.17, 15) is 4.39 Å². The fourth-order valence-corrected chi connectivity index (χ4v) is 2.17. The maximum atomic E-state index is 13.4. The zero-order chi connectivity index (χ0) is 14.5. The van der Waals surface area contributed by atoms with Gasteiger partial charge in [-0.25, -0.2) is 4.39 Å². The lowest BCUT2D eigenvalue weighted by Crippen LogP contribution is -2.34. The summed E-state index contributed by atoms with van der Waals surface area (Å²) in [7, 11) is 0. The van der Waals surface area contributed by atoms with Crippen LogP contribution in [0.4, 0.5) is 4.39 Å². The molecule has 1 aromatic rings. The molecule has 1 nitrogen and oxygen atoms in total. The van der Waals surface area contributed by atoms with Crippen LogP contribution in [0.1, 0.15) is 26.3 Å². The van der Waals surface area contributed by atoms with Crippen LogP contribution in [0.2, 0.25) is 5.02 Å². The maximum Gasteiger partial charge on any atom is 0.142 e. The summed E-state index contributed by atoms with van der Waals surface area (Å²) in [5.74, 6) is 0.243. The van der Waals surface area contributed by atoms with Gasteiger partial charge in [-0.1, -0.05) is 50.6 Å². The molecule has 0 saturated carbocycles. The van der Waals surface area contributed by atoms with Gasteiger partial charge in [0.15, 0.2) is 0 Å².